The van der Waals surface area contributed by atoms with Gasteiger partial charge in [-0.05, 0) is 0 Å². The summed E-state index contributed by atoms with van der Waals surface area (Å²) in [5, 5.41) is 0. The standard InChI is InChI=1S/C17H25N2O8PSi/c1-24-9-17-10-25-12(13(17)27-28(2,22)23)15(26-17)19-8-11(6-7-29(3,4)5)14(20)18-16(19)21/h8,12-13,15H,9-10H2,1-5H3,(H,22,23)(H,18,20,21)/t12?,13-,15-,17+/m1/s1. The molecule has 2 bridgehead atoms. The molecule has 0 amide bonds. The van der Waals surface area contributed by atoms with Gasteiger partial charge in [0.2, 0.25) is 0 Å². The minimum atomic E-state index is -3.87. The van der Waals surface area contributed by atoms with Crippen LogP contribution in [0.2, 0.25) is 19.6 Å². The monoisotopic (exact) mass is 444 g/mol. The summed E-state index contributed by atoms with van der Waals surface area (Å²) < 4.78 is 35.4. The Morgan fingerprint density at radius 1 is 1.45 bits per heavy atom. The molecule has 1 aromatic rings. The van der Waals surface area contributed by atoms with Gasteiger partial charge in [-0.3, -0.25) is 23.4 Å². The van der Waals surface area contributed by atoms with Crippen LogP contribution < -0.4 is 11.2 Å². The van der Waals surface area contributed by atoms with Gasteiger partial charge in [-0.15, -0.1) is 5.54 Å². The summed E-state index contributed by atoms with van der Waals surface area (Å²) in [5.41, 5.74) is 0.762. The highest BCUT2D eigenvalue weighted by molar-refractivity contribution is 7.51. The van der Waals surface area contributed by atoms with Crippen molar-refractivity contribution in [1.82, 2.24) is 9.55 Å². The molecule has 5 atom stereocenters. The number of ether oxygens (including phenoxy) is 3. The van der Waals surface area contributed by atoms with Crippen LogP contribution in [0.3, 0.4) is 0 Å². The number of nitrogens with one attached hydrogen (secondary N) is 1. The molecule has 0 aliphatic carbocycles. The van der Waals surface area contributed by atoms with E-state index in [0.717, 1.165) is 6.66 Å². The number of aromatic amines is 1. The highest BCUT2D eigenvalue weighted by Crippen LogP contribution is 2.52. The summed E-state index contributed by atoms with van der Waals surface area (Å²) in [6.45, 7) is 7.27. The van der Waals surface area contributed by atoms with Gasteiger partial charge in [0, 0.05) is 20.0 Å². The maximum absolute atomic E-state index is 12.5. The van der Waals surface area contributed by atoms with Gasteiger partial charge in [-0.1, -0.05) is 25.6 Å². The largest absolute Gasteiger partial charge is 0.381 e. The van der Waals surface area contributed by atoms with Gasteiger partial charge in [0.15, 0.2) is 6.23 Å². The van der Waals surface area contributed by atoms with Crippen molar-refractivity contribution in [3.05, 3.63) is 32.6 Å². The fourth-order valence-electron chi connectivity index (χ4n) is 3.35. The number of rotatable bonds is 5. The van der Waals surface area contributed by atoms with E-state index in [1.54, 1.807) is 0 Å². The van der Waals surface area contributed by atoms with Crippen LogP contribution >= 0.6 is 7.60 Å². The third kappa shape index (κ3) is 4.64. The number of hydrogen-bond acceptors (Lipinski definition) is 7. The van der Waals surface area contributed by atoms with Crippen LogP contribution in [0.25, 0.3) is 0 Å². The van der Waals surface area contributed by atoms with E-state index < -0.39 is 51.0 Å². The van der Waals surface area contributed by atoms with Gasteiger partial charge in [0.05, 0.1) is 13.2 Å². The number of hydrogen-bond donors (Lipinski definition) is 2. The first kappa shape index (κ1) is 22.2. The topological polar surface area (TPSA) is 129 Å². The Morgan fingerprint density at radius 2 is 2.14 bits per heavy atom. The van der Waals surface area contributed by atoms with Crippen molar-refractivity contribution in [2.45, 2.75) is 43.7 Å². The molecule has 12 heteroatoms. The van der Waals surface area contributed by atoms with Crippen LogP contribution in [0, 0.1) is 11.5 Å². The molecule has 2 aliphatic heterocycles. The first-order valence-electron chi connectivity index (χ1n) is 9.01. The molecule has 1 aromatic heterocycles. The lowest BCUT2D eigenvalue weighted by molar-refractivity contribution is -0.190. The summed E-state index contributed by atoms with van der Waals surface area (Å²) in [7, 11) is -4.17. The molecule has 3 heterocycles. The number of H-pyrrole nitrogens is 1. The number of nitrogens with zero attached hydrogens (tertiary/aromatic N) is 1. The fourth-order valence-corrected chi connectivity index (χ4v) is 4.59. The zero-order valence-corrected chi connectivity index (χ0v) is 18.8. The van der Waals surface area contributed by atoms with Crippen molar-refractivity contribution < 1.29 is 28.2 Å². The van der Waals surface area contributed by atoms with Crippen molar-refractivity contribution in [3.8, 4) is 11.5 Å². The first-order chi connectivity index (χ1) is 13.4. The van der Waals surface area contributed by atoms with Crippen LogP contribution in [0.15, 0.2) is 15.8 Å². The number of fused-ring (bicyclic) bond motifs is 2. The van der Waals surface area contributed by atoms with Crippen molar-refractivity contribution in [1.29, 1.82) is 0 Å². The molecule has 2 aliphatic rings. The minimum absolute atomic E-state index is 0.0328. The maximum atomic E-state index is 12.5. The molecular weight excluding hydrogens is 419 g/mol. The number of methoxy groups -OCH3 is 1. The Kier molecular flexibility index (Phi) is 5.84. The van der Waals surface area contributed by atoms with E-state index in [-0.39, 0.29) is 18.8 Å². The Balaban J connectivity index is 2.03. The fraction of sp³-hybridized carbons (Fsp3) is 0.647. The molecule has 0 spiro atoms. The van der Waals surface area contributed by atoms with Gasteiger partial charge >= 0.3 is 13.3 Å². The van der Waals surface area contributed by atoms with Gasteiger partial charge in [-0.2, -0.15) is 0 Å². The van der Waals surface area contributed by atoms with E-state index in [9.17, 15) is 19.0 Å². The maximum Gasteiger partial charge on any atom is 0.330 e. The van der Waals surface area contributed by atoms with Crippen LogP contribution in [0.4, 0.5) is 0 Å². The average Bonchev–Trinajstić information content (AvgIpc) is 3.03. The molecule has 2 saturated heterocycles. The molecule has 3 rings (SSSR count). The van der Waals surface area contributed by atoms with E-state index in [1.165, 1.54) is 17.9 Å². The number of aromatic nitrogens is 2. The molecule has 160 valence electrons. The zero-order chi connectivity index (χ0) is 21.6. The Hall–Kier alpha value is -1.51. The van der Waals surface area contributed by atoms with Crippen LogP contribution in [0.5, 0.6) is 0 Å². The lowest BCUT2D eigenvalue weighted by Gasteiger charge is -2.31. The van der Waals surface area contributed by atoms with Crippen molar-refractivity contribution in [2.24, 2.45) is 0 Å². The second-order valence-electron chi connectivity index (χ2n) is 8.32. The van der Waals surface area contributed by atoms with Crippen molar-refractivity contribution in [3.63, 3.8) is 0 Å². The van der Waals surface area contributed by atoms with Crippen LogP contribution in [-0.2, 0) is 23.3 Å². The second-order valence-corrected chi connectivity index (χ2v) is 14.9. The lowest BCUT2D eigenvalue weighted by atomic mass is 10.0. The van der Waals surface area contributed by atoms with Crippen molar-refractivity contribution in [2.75, 3.05) is 27.0 Å². The Labute approximate surface area is 168 Å². The molecule has 0 radical (unpaired) electrons. The van der Waals surface area contributed by atoms with Gasteiger partial charge in [0.1, 0.15) is 31.4 Å². The third-order valence-corrected chi connectivity index (χ3v) is 5.98. The molecule has 10 nitrogen and oxygen atoms in total. The molecule has 2 fully saturated rings. The highest BCUT2D eigenvalue weighted by atomic mass is 31.2. The normalized spacial score (nSPS) is 30.6. The van der Waals surface area contributed by atoms with Gasteiger partial charge < -0.3 is 19.1 Å². The molecular formula is C17H25N2O8PSi. The second kappa shape index (κ2) is 7.63. The van der Waals surface area contributed by atoms with Crippen LogP contribution in [-0.4, -0.2) is 67.3 Å². The SMILES string of the molecule is COC[C@@]12COC([C@H](n3cc(C#C[Si](C)(C)C)c(=O)[nH]c3=O)O1)[C@H]2OP(C)(=O)O. The molecule has 0 saturated carbocycles. The average molecular weight is 444 g/mol. The summed E-state index contributed by atoms with van der Waals surface area (Å²) in [6.07, 6.45) is -1.42. The van der Waals surface area contributed by atoms with E-state index in [4.69, 9.17) is 18.7 Å². The van der Waals surface area contributed by atoms with E-state index >= 15 is 0 Å². The van der Waals surface area contributed by atoms with Gasteiger partial charge in [-0.25, -0.2) is 4.79 Å². The highest BCUT2D eigenvalue weighted by Gasteiger charge is 2.64. The van der Waals surface area contributed by atoms with E-state index in [1.807, 2.05) is 19.6 Å². The molecule has 2 N–H and O–H groups in total. The first-order valence-corrected chi connectivity index (χ1v) is 14.5. The zero-order valence-electron chi connectivity index (χ0n) is 16.9. The molecule has 2 unspecified atom stereocenters. The van der Waals surface area contributed by atoms with Gasteiger partial charge in [0.25, 0.3) is 5.56 Å². The van der Waals surface area contributed by atoms with E-state index in [0.29, 0.717) is 0 Å². The summed E-state index contributed by atoms with van der Waals surface area (Å²) in [6, 6.07) is 0. The molecule has 0 aromatic carbocycles. The van der Waals surface area contributed by atoms with E-state index in [2.05, 4.69) is 16.4 Å². The predicted molar refractivity (Wildman–Crippen MR) is 107 cm³/mol. The molecule has 29 heavy (non-hydrogen) atoms. The summed E-state index contributed by atoms with van der Waals surface area (Å²) >= 11 is 0. The summed E-state index contributed by atoms with van der Waals surface area (Å²) in [5.74, 6) is 2.84. The lowest BCUT2D eigenvalue weighted by Crippen LogP contribution is -2.46. The summed E-state index contributed by atoms with van der Waals surface area (Å²) in [4.78, 5) is 36.6. The smallest absolute Gasteiger partial charge is 0.330 e. The van der Waals surface area contributed by atoms with Crippen LogP contribution in [0.1, 0.15) is 11.8 Å². The Bertz CT molecular complexity index is 1010. The Morgan fingerprint density at radius 3 is 2.72 bits per heavy atom. The minimum Gasteiger partial charge on any atom is -0.381 e. The van der Waals surface area contributed by atoms with Crippen molar-refractivity contribution >= 4 is 15.7 Å². The quantitative estimate of drug-likeness (QED) is 0.376. The predicted octanol–water partition coefficient (Wildman–Crippen LogP) is 0.279. The third-order valence-electron chi connectivity index (χ3n) is 4.49.